The van der Waals surface area contributed by atoms with E-state index < -0.39 is 11.6 Å². The maximum absolute atomic E-state index is 15.3. The Bertz CT molecular complexity index is 1130. The number of hydrogen-bond donors (Lipinski definition) is 2. The van der Waals surface area contributed by atoms with Crippen molar-refractivity contribution in [1.82, 2.24) is 24.9 Å². The minimum atomic E-state index is -0.692. The van der Waals surface area contributed by atoms with Gasteiger partial charge in [0.15, 0.2) is 0 Å². The Morgan fingerprint density at radius 2 is 1.84 bits per heavy atom. The lowest BCUT2D eigenvalue weighted by Crippen LogP contribution is -2.24. The Balaban J connectivity index is 1.50. The fourth-order valence-corrected chi connectivity index (χ4v) is 4.63. The number of aryl methyl sites for hydroxylation is 1. The summed E-state index contributed by atoms with van der Waals surface area (Å²) in [6, 6.07) is 2.55. The Kier molecular flexibility index (Phi) is 5.23. The minimum absolute atomic E-state index is 0.0316. The number of piperidine rings is 1. The van der Waals surface area contributed by atoms with E-state index in [2.05, 4.69) is 39.5 Å². The summed E-state index contributed by atoms with van der Waals surface area (Å²) in [6.07, 6.45) is 1.38. The number of ether oxygens (including phenoxy) is 1. The van der Waals surface area contributed by atoms with Gasteiger partial charge in [0, 0.05) is 24.1 Å². The third-order valence-corrected chi connectivity index (χ3v) is 6.95. The van der Waals surface area contributed by atoms with Crippen LogP contribution in [-0.2, 0) is 0 Å². The number of nitrogens with one attached hydrogen (secondary N) is 2. The first-order valence-electron chi connectivity index (χ1n) is 11.1. The molecule has 4 atom stereocenters. The van der Waals surface area contributed by atoms with Crippen LogP contribution in [0.3, 0.4) is 0 Å². The second kappa shape index (κ2) is 7.95. The van der Waals surface area contributed by atoms with Crippen LogP contribution in [0.25, 0.3) is 16.9 Å². The van der Waals surface area contributed by atoms with Crippen LogP contribution in [0, 0.1) is 42.2 Å². The topological polar surface area (TPSA) is 76.4 Å². The first-order chi connectivity index (χ1) is 15.3. The van der Waals surface area contributed by atoms with Gasteiger partial charge >= 0.3 is 0 Å². The lowest BCUT2D eigenvalue weighted by atomic mass is 10.0. The highest BCUT2D eigenvalue weighted by Crippen LogP contribution is 2.48. The number of hydrogen-bond acceptors (Lipinski definition) is 6. The van der Waals surface area contributed by atoms with E-state index in [0.29, 0.717) is 47.2 Å². The molecule has 0 radical (unpaired) electrons. The van der Waals surface area contributed by atoms with Crippen molar-refractivity contribution in [2.45, 2.75) is 33.7 Å². The first-order valence-corrected chi connectivity index (χ1v) is 11.1. The van der Waals surface area contributed by atoms with Crippen LogP contribution in [0.4, 0.5) is 14.6 Å². The molecule has 7 nitrogen and oxygen atoms in total. The molecular weight excluding hydrogens is 414 g/mol. The van der Waals surface area contributed by atoms with Gasteiger partial charge in [-0.1, -0.05) is 13.8 Å². The van der Waals surface area contributed by atoms with Crippen molar-refractivity contribution >= 4 is 11.6 Å². The van der Waals surface area contributed by atoms with Gasteiger partial charge in [-0.15, -0.1) is 0 Å². The van der Waals surface area contributed by atoms with Crippen molar-refractivity contribution in [2.24, 2.45) is 23.7 Å². The first kappa shape index (κ1) is 21.1. The Hall–Kier alpha value is -2.81. The average Bonchev–Trinajstić information content (AvgIpc) is 3.10. The van der Waals surface area contributed by atoms with Gasteiger partial charge in [0.05, 0.1) is 23.4 Å². The van der Waals surface area contributed by atoms with Crippen LogP contribution in [0.5, 0.6) is 5.75 Å². The largest absolute Gasteiger partial charge is 0.493 e. The third kappa shape index (κ3) is 3.58. The van der Waals surface area contributed by atoms with Crippen LogP contribution in [0.2, 0.25) is 0 Å². The van der Waals surface area contributed by atoms with E-state index >= 15 is 8.78 Å². The number of fused-ring (bicyclic) bond motifs is 2. The summed E-state index contributed by atoms with van der Waals surface area (Å²) in [5, 5.41) is 10.9. The maximum Gasteiger partial charge on any atom is 0.254 e. The van der Waals surface area contributed by atoms with Crippen molar-refractivity contribution in [3.63, 3.8) is 0 Å². The smallest absolute Gasteiger partial charge is 0.254 e. The minimum Gasteiger partial charge on any atom is -0.493 e. The number of aromatic nitrogens is 4. The highest BCUT2D eigenvalue weighted by atomic mass is 19.1. The summed E-state index contributed by atoms with van der Waals surface area (Å²) in [7, 11) is 0. The highest BCUT2D eigenvalue weighted by Gasteiger charge is 2.53. The molecule has 0 spiro atoms. The summed E-state index contributed by atoms with van der Waals surface area (Å²) < 4.78 is 37.9. The van der Waals surface area contributed by atoms with Crippen LogP contribution >= 0.6 is 0 Å². The van der Waals surface area contributed by atoms with Crippen LogP contribution < -0.4 is 15.4 Å². The van der Waals surface area contributed by atoms with Crippen molar-refractivity contribution in [3.05, 3.63) is 35.8 Å². The Morgan fingerprint density at radius 1 is 1.16 bits per heavy atom. The molecule has 0 bridgehead atoms. The summed E-state index contributed by atoms with van der Waals surface area (Å²) in [6.45, 7) is 10.4. The van der Waals surface area contributed by atoms with Crippen molar-refractivity contribution < 1.29 is 13.5 Å². The molecule has 1 saturated carbocycles. The zero-order valence-corrected chi connectivity index (χ0v) is 18.7. The summed E-state index contributed by atoms with van der Waals surface area (Å²) in [4.78, 5) is 8.55. The molecule has 1 aliphatic heterocycles. The third-order valence-electron chi connectivity index (χ3n) is 6.95. The molecule has 2 aliphatic rings. The molecule has 2 fully saturated rings. The van der Waals surface area contributed by atoms with Crippen molar-refractivity contribution in [3.8, 4) is 16.9 Å². The molecule has 0 amide bonds. The van der Waals surface area contributed by atoms with E-state index in [-0.39, 0.29) is 23.3 Å². The van der Waals surface area contributed by atoms with E-state index in [4.69, 9.17) is 4.74 Å². The van der Waals surface area contributed by atoms with Gasteiger partial charge in [0.2, 0.25) is 0 Å². The van der Waals surface area contributed by atoms with E-state index in [9.17, 15) is 0 Å². The van der Waals surface area contributed by atoms with Crippen LogP contribution in [0.15, 0.2) is 18.5 Å². The number of benzene rings is 1. The van der Waals surface area contributed by atoms with E-state index in [1.165, 1.54) is 23.0 Å². The standard InChI is InChI=1S/C23H28F2N6O/c1-11(2)12(3)29-22-20(13(4)30-23-27-10-28-31(22)23)21-18(24)5-14(6-19(21)25)32-9-17-15-7-26-8-16(15)17/h5-6,10-12,15-17,26,29H,7-9H2,1-4H3/t12-,15-,16+,17?/m1/s1. The predicted molar refractivity (Wildman–Crippen MR) is 118 cm³/mol. The van der Waals surface area contributed by atoms with Crippen LogP contribution in [0.1, 0.15) is 26.5 Å². The molecule has 1 saturated heterocycles. The Morgan fingerprint density at radius 3 is 2.50 bits per heavy atom. The molecule has 3 heterocycles. The zero-order valence-electron chi connectivity index (χ0n) is 18.7. The summed E-state index contributed by atoms with van der Waals surface area (Å²) in [5.74, 6) is 1.68. The van der Waals surface area contributed by atoms with Gasteiger partial charge < -0.3 is 15.4 Å². The average molecular weight is 443 g/mol. The lowest BCUT2D eigenvalue weighted by Gasteiger charge is -2.23. The number of nitrogens with zero attached hydrogens (tertiary/aromatic N) is 4. The van der Waals surface area contributed by atoms with Crippen molar-refractivity contribution in [2.75, 3.05) is 25.0 Å². The second-order valence-electron chi connectivity index (χ2n) is 9.29. The maximum atomic E-state index is 15.3. The number of rotatable bonds is 7. The highest BCUT2D eigenvalue weighted by molar-refractivity contribution is 5.80. The van der Waals surface area contributed by atoms with Gasteiger partial charge in [-0.2, -0.15) is 14.6 Å². The molecule has 2 aromatic heterocycles. The van der Waals surface area contributed by atoms with Gasteiger partial charge in [-0.05, 0) is 44.7 Å². The van der Waals surface area contributed by atoms with Crippen molar-refractivity contribution in [1.29, 1.82) is 0 Å². The fourth-order valence-electron chi connectivity index (χ4n) is 4.63. The summed E-state index contributed by atoms with van der Waals surface area (Å²) in [5.41, 5.74) is 0.652. The monoisotopic (exact) mass is 442 g/mol. The van der Waals surface area contributed by atoms with Gasteiger partial charge in [0.1, 0.15) is 29.5 Å². The quantitative estimate of drug-likeness (QED) is 0.581. The second-order valence-corrected chi connectivity index (χ2v) is 9.29. The molecule has 32 heavy (non-hydrogen) atoms. The molecule has 1 unspecified atom stereocenters. The lowest BCUT2D eigenvalue weighted by molar-refractivity contribution is 0.278. The van der Waals surface area contributed by atoms with E-state index in [1.54, 1.807) is 6.92 Å². The van der Waals surface area contributed by atoms with Gasteiger partial charge in [-0.25, -0.2) is 13.8 Å². The molecule has 9 heteroatoms. The normalized spacial score (nSPS) is 22.9. The van der Waals surface area contributed by atoms with Gasteiger partial charge in [0.25, 0.3) is 5.78 Å². The molecule has 3 aromatic rings. The molecule has 1 aromatic carbocycles. The number of halogens is 2. The fraction of sp³-hybridized carbons (Fsp3) is 0.522. The van der Waals surface area contributed by atoms with Crippen LogP contribution in [-0.4, -0.2) is 45.3 Å². The molecular formula is C23H28F2N6O. The summed E-state index contributed by atoms with van der Waals surface area (Å²) >= 11 is 0. The van der Waals surface area contributed by atoms with E-state index in [0.717, 1.165) is 13.1 Å². The van der Waals surface area contributed by atoms with Gasteiger partial charge in [-0.3, -0.25) is 0 Å². The number of anilines is 1. The molecule has 2 N–H and O–H groups in total. The Labute approximate surface area is 185 Å². The zero-order chi connectivity index (χ0) is 22.6. The molecule has 170 valence electrons. The predicted octanol–water partition coefficient (Wildman–Crippen LogP) is 3.68. The molecule has 5 rings (SSSR count). The molecule has 1 aliphatic carbocycles. The SMILES string of the molecule is Cc1nc2ncnn2c(N[C@H](C)C(C)C)c1-c1c(F)cc(OCC2[C@H]3CNC[C@@H]23)cc1F. The van der Waals surface area contributed by atoms with E-state index in [1.807, 2.05) is 6.92 Å².